The molecule has 0 saturated carbocycles. The molecule has 72 valence electrons. The van der Waals surface area contributed by atoms with Crippen molar-refractivity contribution in [2.24, 2.45) is 0 Å². The van der Waals surface area contributed by atoms with Crippen molar-refractivity contribution in [3.8, 4) is 10.6 Å². The Labute approximate surface area is 101 Å². The smallest absolute Gasteiger partial charge is 0.203 e. The molecule has 0 fully saturated rings. The van der Waals surface area contributed by atoms with Crippen LogP contribution in [0.3, 0.4) is 0 Å². The van der Waals surface area contributed by atoms with E-state index in [4.69, 9.17) is 0 Å². The van der Waals surface area contributed by atoms with Crippen molar-refractivity contribution < 1.29 is 0 Å². The lowest BCUT2D eigenvalue weighted by atomic mass is 10.1. The van der Waals surface area contributed by atoms with Crippen LogP contribution in [0.15, 0.2) is 18.2 Å². The Morgan fingerprint density at radius 3 is 2.64 bits per heavy atom. The molecule has 1 heterocycles. The molecule has 0 saturated heterocycles. The van der Waals surface area contributed by atoms with E-state index in [2.05, 4.69) is 64.0 Å². The second-order valence-corrected chi connectivity index (χ2v) is 4.90. The van der Waals surface area contributed by atoms with Crippen molar-refractivity contribution in [2.45, 2.75) is 13.8 Å². The lowest BCUT2D eigenvalue weighted by Gasteiger charge is -2.01. The highest BCUT2D eigenvalue weighted by Gasteiger charge is 2.06. The summed E-state index contributed by atoms with van der Waals surface area (Å²) in [6, 6.07) is 6.39. The number of halogens is 1. The molecule has 0 unspecified atom stereocenters. The van der Waals surface area contributed by atoms with Crippen LogP contribution in [0.4, 0.5) is 0 Å². The fourth-order valence-corrected chi connectivity index (χ4v) is 2.73. The van der Waals surface area contributed by atoms with Crippen molar-refractivity contribution in [1.82, 2.24) is 9.36 Å². The molecule has 0 radical (unpaired) electrons. The largest absolute Gasteiger partial charge is 0.210 e. The molecule has 2 nitrogen and oxygen atoms in total. The highest BCUT2D eigenvalue weighted by Crippen LogP contribution is 2.25. The molecule has 2 aromatic rings. The number of hydrogen-bond donors (Lipinski definition) is 0. The minimum absolute atomic E-state index is 0.822. The van der Waals surface area contributed by atoms with Crippen LogP contribution in [0.5, 0.6) is 0 Å². The van der Waals surface area contributed by atoms with Crippen LogP contribution in [0.1, 0.15) is 11.1 Å². The molecular weight excluding hydrogens is 307 g/mol. The predicted molar refractivity (Wildman–Crippen MR) is 67.5 cm³/mol. The van der Waals surface area contributed by atoms with E-state index < -0.39 is 0 Å². The van der Waals surface area contributed by atoms with Gasteiger partial charge in [-0.25, -0.2) is 4.98 Å². The van der Waals surface area contributed by atoms with Gasteiger partial charge in [-0.1, -0.05) is 23.8 Å². The molecule has 1 aromatic heterocycles. The second kappa shape index (κ2) is 3.94. The van der Waals surface area contributed by atoms with Crippen molar-refractivity contribution in [3.05, 3.63) is 33.2 Å². The molecule has 0 bridgehead atoms. The molecule has 1 aromatic carbocycles. The van der Waals surface area contributed by atoms with Gasteiger partial charge in [-0.3, -0.25) is 0 Å². The summed E-state index contributed by atoms with van der Waals surface area (Å²) in [5, 5.41) is 1.01. The topological polar surface area (TPSA) is 25.8 Å². The van der Waals surface area contributed by atoms with Gasteiger partial charge in [0.05, 0.1) is 0 Å². The van der Waals surface area contributed by atoms with E-state index in [0.717, 1.165) is 8.84 Å². The number of nitrogens with zero attached hydrogens (tertiary/aromatic N) is 2. The van der Waals surface area contributed by atoms with Crippen molar-refractivity contribution in [3.63, 3.8) is 0 Å². The number of benzene rings is 1. The Bertz CT molecular complexity index is 465. The molecule has 4 heteroatoms. The number of hydrogen-bond acceptors (Lipinski definition) is 3. The van der Waals surface area contributed by atoms with Crippen LogP contribution in [0.25, 0.3) is 10.6 Å². The first-order chi connectivity index (χ1) is 6.66. The summed E-state index contributed by atoms with van der Waals surface area (Å²) < 4.78 is 5.00. The number of aromatic nitrogens is 2. The summed E-state index contributed by atoms with van der Waals surface area (Å²) in [5.41, 5.74) is 3.74. The number of aryl methyl sites for hydroxylation is 2. The van der Waals surface area contributed by atoms with Gasteiger partial charge in [0.1, 0.15) is 5.01 Å². The van der Waals surface area contributed by atoms with Gasteiger partial charge in [0.25, 0.3) is 0 Å². The molecule has 0 aliphatic carbocycles. The standard InChI is InChI=1S/C10H9IN2S/c1-6-3-4-8(7(2)5-6)9-12-10(11)13-14-9/h3-5H,1-2H3. The maximum absolute atomic E-state index is 4.37. The van der Waals surface area contributed by atoms with E-state index in [1.165, 1.54) is 28.2 Å². The number of rotatable bonds is 1. The maximum Gasteiger partial charge on any atom is 0.203 e. The Kier molecular flexibility index (Phi) is 2.83. The van der Waals surface area contributed by atoms with E-state index >= 15 is 0 Å². The average Bonchev–Trinajstić information content (AvgIpc) is 2.51. The first-order valence-electron chi connectivity index (χ1n) is 4.23. The van der Waals surface area contributed by atoms with Gasteiger partial charge in [-0.15, -0.1) is 0 Å². The lowest BCUT2D eigenvalue weighted by molar-refractivity contribution is 1.24. The van der Waals surface area contributed by atoms with Crippen LogP contribution < -0.4 is 0 Å². The highest BCUT2D eigenvalue weighted by atomic mass is 127. The summed E-state index contributed by atoms with van der Waals surface area (Å²) in [7, 11) is 0. The maximum atomic E-state index is 4.37. The van der Waals surface area contributed by atoms with Crippen LogP contribution in [0.2, 0.25) is 0 Å². The van der Waals surface area contributed by atoms with Gasteiger partial charge in [0.2, 0.25) is 3.83 Å². The third-order valence-corrected chi connectivity index (χ3v) is 3.57. The molecule has 0 N–H and O–H groups in total. The highest BCUT2D eigenvalue weighted by molar-refractivity contribution is 14.1. The van der Waals surface area contributed by atoms with Gasteiger partial charge in [-0.2, -0.15) is 4.37 Å². The van der Waals surface area contributed by atoms with Gasteiger partial charge in [0, 0.05) is 28.2 Å². The van der Waals surface area contributed by atoms with Gasteiger partial charge < -0.3 is 0 Å². The van der Waals surface area contributed by atoms with Crippen LogP contribution in [-0.4, -0.2) is 9.36 Å². The van der Waals surface area contributed by atoms with Crippen LogP contribution in [0, 0.1) is 17.7 Å². The summed E-state index contributed by atoms with van der Waals surface area (Å²) in [5.74, 6) is 0. The summed E-state index contributed by atoms with van der Waals surface area (Å²) in [6.07, 6.45) is 0. The van der Waals surface area contributed by atoms with Gasteiger partial charge in [0.15, 0.2) is 0 Å². The van der Waals surface area contributed by atoms with E-state index in [-0.39, 0.29) is 0 Å². The summed E-state index contributed by atoms with van der Waals surface area (Å²) in [4.78, 5) is 4.37. The Balaban J connectivity index is 2.52. The monoisotopic (exact) mass is 316 g/mol. The molecule has 2 rings (SSSR count). The fraction of sp³-hybridized carbons (Fsp3) is 0.200. The zero-order valence-corrected chi connectivity index (χ0v) is 10.9. The second-order valence-electron chi connectivity index (χ2n) is 3.19. The molecule has 0 spiro atoms. The minimum atomic E-state index is 0.822. The van der Waals surface area contributed by atoms with Crippen molar-refractivity contribution in [1.29, 1.82) is 0 Å². The van der Waals surface area contributed by atoms with E-state index in [1.807, 2.05) is 0 Å². The third kappa shape index (κ3) is 1.95. The van der Waals surface area contributed by atoms with Crippen molar-refractivity contribution >= 4 is 34.1 Å². The van der Waals surface area contributed by atoms with E-state index in [9.17, 15) is 0 Å². The molecule has 0 atom stereocenters. The lowest BCUT2D eigenvalue weighted by Crippen LogP contribution is -1.83. The van der Waals surface area contributed by atoms with E-state index in [0.29, 0.717) is 0 Å². The SMILES string of the molecule is Cc1ccc(-c2nc(I)ns2)c(C)c1. The zero-order valence-electron chi connectivity index (χ0n) is 7.91. The Morgan fingerprint density at radius 2 is 2.07 bits per heavy atom. The van der Waals surface area contributed by atoms with Crippen LogP contribution in [-0.2, 0) is 0 Å². The van der Waals surface area contributed by atoms with Crippen molar-refractivity contribution in [2.75, 3.05) is 0 Å². The molecule has 0 amide bonds. The Morgan fingerprint density at radius 1 is 1.29 bits per heavy atom. The Hall–Kier alpha value is -0.490. The molecule has 0 aliphatic rings. The summed E-state index contributed by atoms with van der Waals surface area (Å²) >= 11 is 3.59. The quantitative estimate of drug-likeness (QED) is 0.753. The normalized spacial score (nSPS) is 10.5. The molecule has 14 heavy (non-hydrogen) atoms. The van der Waals surface area contributed by atoms with Gasteiger partial charge in [-0.05, 0) is 30.9 Å². The average molecular weight is 316 g/mol. The minimum Gasteiger partial charge on any atom is -0.210 e. The third-order valence-electron chi connectivity index (χ3n) is 2.01. The van der Waals surface area contributed by atoms with E-state index in [1.54, 1.807) is 0 Å². The zero-order chi connectivity index (χ0) is 10.1. The molecular formula is C10H9IN2S. The predicted octanol–water partition coefficient (Wildman–Crippen LogP) is 3.43. The summed E-state index contributed by atoms with van der Waals surface area (Å²) in [6.45, 7) is 4.21. The first-order valence-corrected chi connectivity index (χ1v) is 6.09. The van der Waals surface area contributed by atoms with Gasteiger partial charge >= 0.3 is 0 Å². The van der Waals surface area contributed by atoms with Crippen LogP contribution >= 0.6 is 34.1 Å². The molecule has 0 aliphatic heterocycles. The fourth-order valence-electron chi connectivity index (χ4n) is 1.37. The first kappa shape index (κ1) is 10.0.